The van der Waals surface area contributed by atoms with E-state index in [1.807, 2.05) is 12.1 Å². The van der Waals surface area contributed by atoms with E-state index < -0.39 is 23.3 Å². The fraction of sp³-hybridized carbons (Fsp3) is 0.348. The maximum absolute atomic E-state index is 13.0. The summed E-state index contributed by atoms with van der Waals surface area (Å²) >= 11 is 0. The van der Waals surface area contributed by atoms with Crippen molar-refractivity contribution in [1.82, 2.24) is 10.6 Å². The molecule has 1 aliphatic carbocycles. The molecule has 0 spiro atoms. The summed E-state index contributed by atoms with van der Waals surface area (Å²) < 4.78 is 0. The van der Waals surface area contributed by atoms with Gasteiger partial charge in [-0.25, -0.2) is 0 Å². The Kier molecular flexibility index (Phi) is 6.65. The molecule has 0 heterocycles. The van der Waals surface area contributed by atoms with Crippen molar-refractivity contribution in [2.24, 2.45) is 5.41 Å². The molecule has 6 nitrogen and oxygen atoms in total. The van der Waals surface area contributed by atoms with Crippen LogP contribution in [0.25, 0.3) is 0 Å². The molecule has 1 unspecified atom stereocenters. The summed E-state index contributed by atoms with van der Waals surface area (Å²) in [6.07, 6.45) is 3.80. The Morgan fingerprint density at radius 3 is 2.07 bits per heavy atom. The molecular weight excluding hydrogens is 368 g/mol. The summed E-state index contributed by atoms with van der Waals surface area (Å²) in [5.41, 5.74) is 0.163. The molecule has 2 aromatic rings. The number of aliphatic carboxylic acids is 1. The first kappa shape index (κ1) is 20.6. The Morgan fingerprint density at radius 2 is 1.48 bits per heavy atom. The van der Waals surface area contributed by atoms with Gasteiger partial charge in [-0.15, -0.1) is 0 Å². The summed E-state index contributed by atoms with van der Waals surface area (Å²) in [5.74, 6) is -1.64. The van der Waals surface area contributed by atoms with E-state index in [1.54, 1.807) is 48.5 Å². The summed E-state index contributed by atoms with van der Waals surface area (Å²) in [4.78, 5) is 37.5. The molecule has 3 N–H and O–H groups in total. The Balaban J connectivity index is 1.76. The molecular formula is C23H26N2O4. The highest BCUT2D eigenvalue weighted by molar-refractivity contribution is 5.97. The van der Waals surface area contributed by atoms with Crippen molar-refractivity contribution in [3.05, 3.63) is 71.8 Å². The van der Waals surface area contributed by atoms with Crippen LogP contribution >= 0.6 is 0 Å². The van der Waals surface area contributed by atoms with E-state index >= 15 is 0 Å². The van der Waals surface area contributed by atoms with Gasteiger partial charge in [-0.2, -0.15) is 0 Å². The SMILES string of the molecule is O=C(NC(C(=O)NCC1(C(=O)O)CCCCC1)c1ccccc1)c1ccccc1. The molecule has 0 bridgehead atoms. The van der Waals surface area contributed by atoms with E-state index in [2.05, 4.69) is 10.6 Å². The van der Waals surface area contributed by atoms with Gasteiger partial charge in [0.15, 0.2) is 0 Å². The average molecular weight is 394 g/mol. The molecule has 6 heteroatoms. The molecule has 1 aliphatic rings. The Morgan fingerprint density at radius 1 is 0.897 bits per heavy atom. The van der Waals surface area contributed by atoms with Gasteiger partial charge in [0.2, 0.25) is 5.91 Å². The highest BCUT2D eigenvalue weighted by Gasteiger charge is 2.40. The highest BCUT2D eigenvalue weighted by atomic mass is 16.4. The largest absolute Gasteiger partial charge is 0.481 e. The van der Waals surface area contributed by atoms with Gasteiger partial charge >= 0.3 is 5.97 Å². The van der Waals surface area contributed by atoms with Crippen molar-refractivity contribution in [1.29, 1.82) is 0 Å². The normalized spacial score (nSPS) is 16.4. The van der Waals surface area contributed by atoms with Gasteiger partial charge in [0.25, 0.3) is 5.91 Å². The maximum atomic E-state index is 13.0. The molecule has 0 saturated heterocycles. The Bertz CT molecular complexity index is 846. The molecule has 1 fully saturated rings. The lowest BCUT2D eigenvalue weighted by Crippen LogP contribution is -2.48. The third-order valence-electron chi connectivity index (χ3n) is 5.57. The highest BCUT2D eigenvalue weighted by Crippen LogP contribution is 2.36. The lowest BCUT2D eigenvalue weighted by molar-refractivity contribution is -0.151. The van der Waals surface area contributed by atoms with E-state index in [4.69, 9.17) is 0 Å². The molecule has 1 saturated carbocycles. The third kappa shape index (κ3) is 5.02. The summed E-state index contributed by atoms with van der Waals surface area (Å²) in [7, 11) is 0. The van der Waals surface area contributed by atoms with Crippen LogP contribution in [0.3, 0.4) is 0 Å². The van der Waals surface area contributed by atoms with Crippen LogP contribution in [0.2, 0.25) is 0 Å². The fourth-order valence-electron chi connectivity index (χ4n) is 3.80. The van der Waals surface area contributed by atoms with E-state index in [0.29, 0.717) is 24.0 Å². The number of carbonyl (C=O) groups is 3. The Labute approximate surface area is 170 Å². The van der Waals surface area contributed by atoms with Gasteiger partial charge < -0.3 is 15.7 Å². The van der Waals surface area contributed by atoms with Gasteiger partial charge in [0, 0.05) is 12.1 Å². The van der Waals surface area contributed by atoms with Crippen molar-refractivity contribution >= 4 is 17.8 Å². The second kappa shape index (κ2) is 9.37. The number of amides is 2. The van der Waals surface area contributed by atoms with Crippen LogP contribution < -0.4 is 10.6 Å². The van der Waals surface area contributed by atoms with Gasteiger partial charge in [-0.3, -0.25) is 14.4 Å². The van der Waals surface area contributed by atoms with Gasteiger partial charge in [0.1, 0.15) is 6.04 Å². The number of hydrogen-bond acceptors (Lipinski definition) is 3. The zero-order chi connectivity index (χ0) is 20.7. The van der Waals surface area contributed by atoms with Crippen molar-refractivity contribution in [2.75, 3.05) is 6.54 Å². The fourth-order valence-corrected chi connectivity index (χ4v) is 3.80. The minimum Gasteiger partial charge on any atom is -0.481 e. The number of carboxylic acids is 1. The number of rotatable bonds is 7. The number of carbonyl (C=O) groups excluding carboxylic acids is 2. The first-order valence-electron chi connectivity index (χ1n) is 9.94. The first-order chi connectivity index (χ1) is 14.0. The summed E-state index contributed by atoms with van der Waals surface area (Å²) in [6.45, 7) is 0.0612. The monoisotopic (exact) mass is 394 g/mol. The minimum absolute atomic E-state index is 0.0612. The van der Waals surface area contributed by atoms with Crippen LogP contribution in [0, 0.1) is 5.41 Å². The molecule has 3 rings (SSSR count). The number of hydrogen-bond donors (Lipinski definition) is 3. The number of benzene rings is 2. The van der Waals surface area contributed by atoms with Crippen LogP contribution in [0.5, 0.6) is 0 Å². The minimum atomic E-state index is -0.932. The summed E-state index contributed by atoms with van der Waals surface area (Å²) in [6, 6.07) is 16.7. The van der Waals surface area contributed by atoms with E-state index in [1.165, 1.54) is 0 Å². The predicted molar refractivity (Wildman–Crippen MR) is 109 cm³/mol. The second-order valence-electron chi connectivity index (χ2n) is 7.55. The molecule has 2 amide bonds. The third-order valence-corrected chi connectivity index (χ3v) is 5.57. The zero-order valence-corrected chi connectivity index (χ0v) is 16.3. The second-order valence-corrected chi connectivity index (χ2v) is 7.55. The lowest BCUT2D eigenvalue weighted by atomic mass is 9.74. The lowest BCUT2D eigenvalue weighted by Gasteiger charge is -2.33. The number of nitrogens with one attached hydrogen (secondary N) is 2. The van der Waals surface area contributed by atoms with Crippen LogP contribution in [0.15, 0.2) is 60.7 Å². The number of carboxylic acid groups (broad SMARTS) is 1. The smallest absolute Gasteiger partial charge is 0.311 e. The van der Waals surface area contributed by atoms with Crippen LogP contribution in [0.4, 0.5) is 0 Å². The van der Waals surface area contributed by atoms with Crippen molar-refractivity contribution in [2.45, 2.75) is 38.1 Å². The van der Waals surface area contributed by atoms with Crippen LogP contribution in [-0.4, -0.2) is 29.4 Å². The first-order valence-corrected chi connectivity index (χ1v) is 9.94. The van der Waals surface area contributed by atoms with Crippen molar-refractivity contribution in [3.63, 3.8) is 0 Å². The summed E-state index contributed by atoms with van der Waals surface area (Å²) in [5, 5.41) is 15.3. The predicted octanol–water partition coefficient (Wildman–Crippen LogP) is 3.31. The zero-order valence-electron chi connectivity index (χ0n) is 16.3. The standard InChI is InChI=1S/C23H26N2O4/c26-20(18-12-6-2-7-13-18)25-19(17-10-4-1-5-11-17)21(27)24-16-23(22(28)29)14-8-3-9-15-23/h1-2,4-7,10-13,19H,3,8-9,14-16H2,(H,24,27)(H,25,26)(H,28,29). The molecule has 2 aromatic carbocycles. The molecule has 29 heavy (non-hydrogen) atoms. The molecule has 0 aliphatic heterocycles. The van der Waals surface area contributed by atoms with Crippen LogP contribution in [0.1, 0.15) is 54.1 Å². The van der Waals surface area contributed by atoms with Gasteiger partial charge in [-0.05, 0) is 30.5 Å². The molecule has 0 radical (unpaired) electrons. The van der Waals surface area contributed by atoms with E-state index in [9.17, 15) is 19.5 Å². The quantitative estimate of drug-likeness (QED) is 0.671. The molecule has 1 atom stereocenters. The average Bonchev–Trinajstić information content (AvgIpc) is 2.77. The van der Waals surface area contributed by atoms with Crippen molar-refractivity contribution in [3.8, 4) is 0 Å². The van der Waals surface area contributed by atoms with Gasteiger partial charge in [-0.1, -0.05) is 67.8 Å². The van der Waals surface area contributed by atoms with Gasteiger partial charge in [0.05, 0.1) is 5.41 Å². The topological polar surface area (TPSA) is 95.5 Å². The van der Waals surface area contributed by atoms with Crippen molar-refractivity contribution < 1.29 is 19.5 Å². The van der Waals surface area contributed by atoms with Crippen LogP contribution in [-0.2, 0) is 9.59 Å². The van der Waals surface area contributed by atoms with E-state index in [0.717, 1.165) is 19.3 Å². The van der Waals surface area contributed by atoms with E-state index in [-0.39, 0.29) is 12.5 Å². The Hall–Kier alpha value is -3.15. The molecule has 152 valence electrons. The molecule has 0 aromatic heterocycles. The maximum Gasteiger partial charge on any atom is 0.311 e.